The van der Waals surface area contributed by atoms with Crippen LogP contribution in [0.5, 0.6) is 0 Å². The summed E-state index contributed by atoms with van der Waals surface area (Å²) in [6.07, 6.45) is 3.69. The van der Waals surface area contributed by atoms with E-state index in [9.17, 15) is 9.59 Å². The summed E-state index contributed by atoms with van der Waals surface area (Å²) in [5.74, 6) is -0.419. The van der Waals surface area contributed by atoms with Crippen molar-refractivity contribution in [2.24, 2.45) is 0 Å². The summed E-state index contributed by atoms with van der Waals surface area (Å²) in [5.41, 5.74) is 1.58. The molecule has 0 bridgehead atoms. The molecule has 1 rings (SSSR count). The molecular weight excluding hydrogens is 218 g/mol. The molecule has 90 valence electrons. The average molecular weight is 233 g/mol. The van der Waals surface area contributed by atoms with Gasteiger partial charge in [-0.25, -0.2) is 0 Å². The SMILES string of the molecule is COC(=O)CC=Cc1ccccc1NC(C)=O. The van der Waals surface area contributed by atoms with Gasteiger partial charge in [0.05, 0.1) is 13.5 Å². The van der Waals surface area contributed by atoms with E-state index in [4.69, 9.17) is 0 Å². The Hall–Kier alpha value is -2.10. The van der Waals surface area contributed by atoms with Crippen LogP contribution in [0, 0.1) is 0 Å². The van der Waals surface area contributed by atoms with Gasteiger partial charge in [-0.3, -0.25) is 9.59 Å². The first-order valence-electron chi connectivity index (χ1n) is 5.23. The first-order chi connectivity index (χ1) is 8.13. The van der Waals surface area contributed by atoms with Crippen LogP contribution in [0.4, 0.5) is 5.69 Å². The predicted molar refractivity (Wildman–Crippen MR) is 66.4 cm³/mol. The largest absolute Gasteiger partial charge is 0.469 e. The zero-order valence-corrected chi connectivity index (χ0v) is 9.90. The molecule has 0 radical (unpaired) electrons. The number of nitrogens with one attached hydrogen (secondary N) is 1. The molecule has 0 aliphatic heterocycles. The molecule has 0 saturated heterocycles. The fraction of sp³-hybridized carbons (Fsp3) is 0.231. The number of amides is 1. The lowest BCUT2D eigenvalue weighted by molar-refractivity contribution is -0.139. The van der Waals surface area contributed by atoms with Crippen molar-refractivity contribution in [3.8, 4) is 0 Å². The van der Waals surface area contributed by atoms with Crippen molar-refractivity contribution in [1.82, 2.24) is 0 Å². The third-order valence-electron chi connectivity index (χ3n) is 2.08. The van der Waals surface area contributed by atoms with Crippen molar-refractivity contribution in [2.45, 2.75) is 13.3 Å². The maximum Gasteiger partial charge on any atom is 0.309 e. The van der Waals surface area contributed by atoms with Gasteiger partial charge in [-0.2, -0.15) is 0 Å². The Kier molecular flexibility index (Phi) is 4.94. The fourth-order valence-electron chi connectivity index (χ4n) is 1.31. The highest BCUT2D eigenvalue weighted by Crippen LogP contribution is 2.16. The van der Waals surface area contributed by atoms with Gasteiger partial charge in [0, 0.05) is 12.6 Å². The van der Waals surface area contributed by atoms with Crippen molar-refractivity contribution in [2.75, 3.05) is 12.4 Å². The lowest BCUT2D eigenvalue weighted by Crippen LogP contribution is -2.06. The molecule has 4 heteroatoms. The molecule has 0 aliphatic carbocycles. The predicted octanol–water partition coefficient (Wildman–Crippen LogP) is 2.22. The Bertz CT molecular complexity index is 438. The maximum atomic E-state index is 11.0. The minimum atomic E-state index is -0.293. The molecule has 0 aliphatic rings. The maximum absolute atomic E-state index is 11.0. The summed E-state index contributed by atoms with van der Waals surface area (Å²) in [7, 11) is 1.35. The lowest BCUT2D eigenvalue weighted by atomic mass is 10.1. The molecule has 0 saturated carbocycles. The van der Waals surface area contributed by atoms with Gasteiger partial charge in [-0.1, -0.05) is 30.4 Å². The van der Waals surface area contributed by atoms with E-state index >= 15 is 0 Å². The highest BCUT2D eigenvalue weighted by molar-refractivity contribution is 5.91. The van der Waals surface area contributed by atoms with E-state index in [0.29, 0.717) is 0 Å². The van der Waals surface area contributed by atoms with Gasteiger partial charge in [0.2, 0.25) is 5.91 Å². The Morgan fingerprint density at radius 2 is 2.06 bits per heavy atom. The summed E-state index contributed by atoms with van der Waals surface area (Å²) < 4.78 is 4.52. The Labute approximate surface area is 100 Å². The van der Waals surface area contributed by atoms with Gasteiger partial charge < -0.3 is 10.1 Å². The van der Waals surface area contributed by atoms with E-state index in [1.807, 2.05) is 18.2 Å². The second kappa shape index (κ2) is 6.48. The van der Waals surface area contributed by atoms with Crippen LogP contribution in [0.3, 0.4) is 0 Å². The molecule has 0 heterocycles. The Balaban J connectivity index is 2.76. The van der Waals surface area contributed by atoms with Crippen LogP contribution in [-0.2, 0) is 14.3 Å². The van der Waals surface area contributed by atoms with Crippen molar-refractivity contribution in [1.29, 1.82) is 0 Å². The minimum absolute atomic E-state index is 0.126. The van der Waals surface area contributed by atoms with E-state index in [0.717, 1.165) is 11.3 Å². The number of benzene rings is 1. The van der Waals surface area contributed by atoms with Crippen LogP contribution in [-0.4, -0.2) is 19.0 Å². The second-order valence-electron chi connectivity index (χ2n) is 3.45. The normalized spacial score (nSPS) is 10.2. The third-order valence-corrected chi connectivity index (χ3v) is 2.08. The average Bonchev–Trinajstić information content (AvgIpc) is 2.30. The number of carbonyl (C=O) groups is 2. The zero-order chi connectivity index (χ0) is 12.7. The van der Waals surface area contributed by atoms with Crippen LogP contribution in [0.2, 0.25) is 0 Å². The molecule has 0 fully saturated rings. The molecule has 0 unspecified atom stereocenters. The second-order valence-corrected chi connectivity index (χ2v) is 3.45. The first kappa shape index (κ1) is 13.0. The quantitative estimate of drug-likeness (QED) is 0.811. The number of hydrogen-bond donors (Lipinski definition) is 1. The van der Waals surface area contributed by atoms with E-state index < -0.39 is 0 Å². The summed E-state index contributed by atoms with van der Waals surface area (Å²) in [6.45, 7) is 1.45. The van der Waals surface area contributed by atoms with Gasteiger partial charge in [0.25, 0.3) is 0 Å². The highest BCUT2D eigenvalue weighted by atomic mass is 16.5. The molecule has 1 N–H and O–H groups in total. The van der Waals surface area contributed by atoms with Crippen LogP contribution in [0.25, 0.3) is 6.08 Å². The van der Waals surface area contributed by atoms with Crippen molar-refractivity contribution in [3.05, 3.63) is 35.9 Å². The number of hydrogen-bond acceptors (Lipinski definition) is 3. The van der Waals surface area contributed by atoms with Crippen LogP contribution in [0.1, 0.15) is 18.9 Å². The van der Waals surface area contributed by atoms with Gasteiger partial charge in [-0.15, -0.1) is 0 Å². The van der Waals surface area contributed by atoms with Gasteiger partial charge in [0.1, 0.15) is 0 Å². The molecule has 1 amide bonds. The van der Waals surface area contributed by atoms with Crippen LogP contribution in [0.15, 0.2) is 30.3 Å². The number of rotatable bonds is 4. The smallest absolute Gasteiger partial charge is 0.309 e. The topological polar surface area (TPSA) is 55.4 Å². The molecule has 4 nitrogen and oxygen atoms in total. The molecule has 1 aromatic rings. The van der Waals surface area contributed by atoms with Crippen LogP contribution < -0.4 is 5.32 Å². The Morgan fingerprint density at radius 3 is 2.71 bits per heavy atom. The third kappa shape index (κ3) is 4.51. The van der Waals surface area contributed by atoms with E-state index in [1.165, 1.54) is 14.0 Å². The van der Waals surface area contributed by atoms with E-state index in [1.54, 1.807) is 18.2 Å². The number of methoxy groups -OCH3 is 1. The number of esters is 1. The van der Waals surface area contributed by atoms with E-state index in [-0.39, 0.29) is 18.3 Å². The van der Waals surface area contributed by atoms with Crippen molar-refractivity contribution in [3.63, 3.8) is 0 Å². The standard InChI is InChI=1S/C13H15NO3/c1-10(15)14-12-8-4-3-6-11(12)7-5-9-13(16)17-2/h3-8H,9H2,1-2H3,(H,14,15). The summed E-state index contributed by atoms with van der Waals surface area (Å²) >= 11 is 0. The zero-order valence-electron chi connectivity index (χ0n) is 9.90. The number of carbonyl (C=O) groups excluding carboxylic acids is 2. The molecule has 0 spiro atoms. The molecule has 1 aromatic carbocycles. The lowest BCUT2D eigenvalue weighted by Gasteiger charge is -2.05. The van der Waals surface area contributed by atoms with Crippen molar-refractivity contribution >= 4 is 23.6 Å². The fourth-order valence-corrected chi connectivity index (χ4v) is 1.31. The molecule has 0 atom stereocenters. The molecule has 0 aromatic heterocycles. The van der Waals surface area contributed by atoms with Gasteiger partial charge in [-0.05, 0) is 11.6 Å². The van der Waals surface area contributed by atoms with Crippen LogP contribution >= 0.6 is 0 Å². The summed E-state index contributed by atoms with van der Waals surface area (Å²) in [4.78, 5) is 21.9. The Morgan fingerprint density at radius 1 is 1.35 bits per heavy atom. The van der Waals surface area contributed by atoms with Gasteiger partial charge >= 0.3 is 5.97 Å². The number of ether oxygens (including phenoxy) is 1. The summed E-state index contributed by atoms with van der Waals surface area (Å²) in [6, 6.07) is 7.37. The molecular formula is C13H15NO3. The number of anilines is 1. The minimum Gasteiger partial charge on any atom is -0.469 e. The highest BCUT2D eigenvalue weighted by Gasteiger charge is 2.00. The summed E-state index contributed by atoms with van der Waals surface area (Å²) in [5, 5.41) is 2.72. The first-order valence-corrected chi connectivity index (χ1v) is 5.23. The van der Waals surface area contributed by atoms with E-state index in [2.05, 4.69) is 10.1 Å². The number of para-hydroxylation sites is 1. The monoisotopic (exact) mass is 233 g/mol. The van der Waals surface area contributed by atoms with Crippen molar-refractivity contribution < 1.29 is 14.3 Å². The molecule has 17 heavy (non-hydrogen) atoms. The van der Waals surface area contributed by atoms with Gasteiger partial charge in [0.15, 0.2) is 0 Å².